The molecular formula is C31H62ClN3O5. The van der Waals surface area contributed by atoms with Crippen LogP contribution in [-0.4, -0.2) is 76.2 Å². The molecule has 238 valence electrons. The van der Waals surface area contributed by atoms with Crippen LogP contribution in [0, 0.1) is 0 Å². The van der Waals surface area contributed by atoms with Gasteiger partial charge in [-0.2, -0.15) is 0 Å². The predicted octanol–water partition coefficient (Wildman–Crippen LogP) is 7.62. The van der Waals surface area contributed by atoms with Gasteiger partial charge in [-0.05, 0) is 32.4 Å². The Morgan fingerprint density at radius 2 is 1.07 bits per heavy atom. The van der Waals surface area contributed by atoms with Crippen LogP contribution in [-0.2, 0) is 14.2 Å². The maximum Gasteiger partial charge on any atom is 0.407 e. The summed E-state index contributed by atoms with van der Waals surface area (Å²) < 4.78 is 15.7. The molecule has 1 heterocycles. The van der Waals surface area contributed by atoms with Crippen molar-refractivity contribution in [3.63, 3.8) is 0 Å². The van der Waals surface area contributed by atoms with E-state index in [2.05, 4.69) is 22.5 Å². The molecule has 0 radical (unpaired) electrons. The first-order chi connectivity index (χ1) is 19.2. The molecule has 0 saturated carbocycles. The van der Waals surface area contributed by atoms with Gasteiger partial charge in [0, 0.05) is 26.7 Å². The normalized spacial score (nSPS) is 14.2. The summed E-state index contributed by atoms with van der Waals surface area (Å²) in [4.78, 5) is 26.2. The van der Waals surface area contributed by atoms with Crippen molar-refractivity contribution in [2.24, 2.45) is 0 Å². The number of carbonyl (C=O) groups excluding carboxylic acids is 2. The van der Waals surface area contributed by atoms with Gasteiger partial charge in [0.05, 0.1) is 0 Å². The highest BCUT2D eigenvalue weighted by molar-refractivity contribution is 5.85. The van der Waals surface area contributed by atoms with Gasteiger partial charge in [-0.1, -0.05) is 110 Å². The second kappa shape index (κ2) is 29.2. The Hall–Kier alpha value is -1.25. The molecule has 8 nitrogen and oxygen atoms in total. The van der Waals surface area contributed by atoms with Crippen molar-refractivity contribution >= 4 is 24.6 Å². The van der Waals surface area contributed by atoms with E-state index in [1.54, 1.807) is 0 Å². The number of hydrogen-bond acceptors (Lipinski definition) is 6. The van der Waals surface area contributed by atoms with Gasteiger partial charge in [0.15, 0.2) is 0 Å². The van der Waals surface area contributed by atoms with Crippen LogP contribution < -0.4 is 10.6 Å². The third-order valence-corrected chi connectivity index (χ3v) is 7.58. The second-order valence-electron chi connectivity index (χ2n) is 11.1. The van der Waals surface area contributed by atoms with Crippen molar-refractivity contribution < 1.29 is 23.8 Å². The maximum absolute atomic E-state index is 11.9. The molecule has 2 amide bonds. The van der Waals surface area contributed by atoms with E-state index in [4.69, 9.17) is 14.2 Å². The molecule has 0 aromatic carbocycles. The number of likely N-dealkylation sites (tertiary alicyclic amines) is 1. The first-order valence-corrected chi connectivity index (χ1v) is 16.2. The van der Waals surface area contributed by atoms with Gasteiger partial charge in [0.1, 0.15) is 19.3 Å². The summed E-state index contributed by atoms with van der Waals surface area (Å²) in [6.45, 7) is 6.58. The summed E-state index contributed by atoms with van der Waals surface area (Å²) in [5, 5.41) is 5.56. The minimum Gasteiger partial charge on any atom is -0.447 e. The topological polar surface area (TPSA) is 89.1 Å². The highest BCUT2D eigenvalue weighted by Gasteiger charge is 2.15. The third kappa shape index (κ3) is 24.5. The average molecular weight is 592 g/mol. The zero-order chi connectivity index (χ0) is 28.2. The minimum absolute atomic E-state index is 0. The highest BCUT2D eigenvalue weighted by Crippen LogP contribution is 2.13. The first kappa shape index (κ1) is 38.8. The lowest BCUT2D eigenvalue weighted by Gasteiger charge is -2.26. The van der Waals surface area contributed by atoms with Crippen molar-refractivity contribution in [2.45, 2.75) is 135 Å². The van der Waals surface area contributed by atoms with Crippen molar-refractivity contribution in [2.75, 3.05) is 53.0 Å². The molecule has 1 saturated heterocycles. The fourth-order valence-corrected chi connectivity index (χ4v) is 4.99. The molecular weight excluding hydrogens is 530 g/mol. The molecule has 0 aromatic rings. The van der Waals surface area contributed by atoms with Crippen LogP contribution in [0.5, 0.6) is 0 Å². The fourth-order valence-electron chi connectivity index (χ4n) is 4.99. The van der Waals surface area contributed by atoms with Crippen molar-refractivity contribution in [1.82, 2.24) is 15.5 Å². The number of unbranched alkanes of at least 4 members (excludes halogenated alkanes) is 15. The Bertz CT molecular complexity index is 579. The number of amides is 2. The number of ether oxygens (including phenoxy) is 3. The molecule has 40 heavy (non-hydrogen) atoms. The largest absolute Gasteiger partial charge is 0.447 e. The van der Waals surface area contributed by atoms with E-state index in [-0.39, 0.29) is 25.6 Å². The summed E-state index contributed by atoms with van der Waals surface area (Å²) >= 11 is 0. The fraction of sp³-hybridized carbons (Fsp3) is 0.935. The lowest BCUT2D eigenvalue weighted by molar-refractivity contribution is -0.00454. The molecule has 0 spiro atoms. The summed E-state index contributed by atoms with van der Waals surface area (Å²) in [5.74, 6) is 0. The quantitative estimate of drug-likeness (QED) is 0.106. The molecule has 9 heteroatoms. The van der Waals surface area contributed by atoms with Gasteiger partial charge >= 0.3 is 12.2 Å². The van der Waals surface area contributed by atoms with E-state index >= 15 is 0 Å². The molecule has 0 aromatic heterocycles. The van der Waals surface area contributed by atoms with Crippen molar-refractivity contribution in [1.29, 1.82) is 0 Å². The van der Waals surface area contributed by atoms with Gasteiger partial charge in [0.25, 0.3) is 0 Å². The highest BCUT2D eigenvalue weighted by atomic mass is 35.5. The molecule has 1 fully saturated rings. The van der Waals surface area contributed by atoms with E-state index < -0.39 is 18.3 Å². The number of alkyl carbamates (subject to hydrolysis) is 2. The maximum atomic E-state index is 11.9. The molecule has 2 N–H and O–H groups in total. The minimum atomic E-state index is -0.487. The van der Waals surface area contributed by atoms with Gasteiger partial charge < -0.3 is 29.7 Å². The van der Waals surface area contributed by atoms with Gasteiger partial charge in [-0.15, -0.1) is 12.4 Å². The van der Waals surface area contributed by atoms with Gasteiger partial charge in [-0.3, -0.25) is 0 Å². The summed E-state index contributed by atoms with van der Waals surface area (Å²) in [6.07, 6.45) is 23.6. The van der Waals surface area contributed by atoms with Crippen LogP contribution in [0.1, 0.15) is 129 Å². The Balaban J connectivity index is 0.0000152. The first-order valence-electron chi connectivity index (χ1n) is 16.2. The van der Waals surface area contributed by atoms with Gasteiger partial charge in [-0.25, -0.2) is 9.59 Å². The number of piperidine rings is 1. The Morgan fingerprint density at radius 1 is 0.650 bits per heavy atom. The molecule has 0 aliphatic carbocycles. The Labute approximate surface area is 251 Å². The summed E-state index contributed by atoms with van der Waals surface area (Å²) in [6, 6.07) is 0. The van der Waals surface area contributed by atoms with Gasteiger partial charge in [0.2, 0.25) is 0 Å². The zero-order valence-electron chi connectivity index (χ0n) is 25.9. The van der Waals surface area contributed by atoms with Crippen LogP contribution >= 0.6 is 12.4 Å². The average Bonchev–Trinajstić information content (AvgIpc) is 2.95. The smallest absolute Gasteiger partial charge is 0.407 e. The van der Waals surface area contributed by atoms with Crippen molar-refractivity contribution in [3.05, 3.63) is 0 Å². The Kier molecular flexibility index (Phi) is 28.3. The zero-order valence-corrected chi connectivity index (χ0v) is 26.7. The van der Waals surface area contributed by atoms with E-state index in [0.717, 1.165) is 32.5 Å². The molecule has 1 unspecified atom stereocenters. The number of hydrogen-bond donors (Lipinski definition) is 2. The number of nitrogens with zero attached hydrogens (tertiary/aromatic N) is 1. The van der Waals surface area contributed by atoms with Crippen LogP contribution in [0.15, 0.2) is 0 Å². The summed E-state index contributed by atoms with van der Waals surface area (Å²) in [5.41, 5.74) is 0. The van der Waals surface area contributed by atoms with E-state index in [9.17, 15) is 9.59 Å². The standard InChI is InChI=1S/C31H61N3O5.ClH/c1-3-4-5-6-7-8-9-10-11-12-13-14-15-16-17-19-22-32-30(35)38-27-29(37-2)28-39-31(36)33-23-26-34-24-20-18-21-25-34;/h29H,3-28H2,1-2H3,(H,32,35)(H,33,36);1H. The number of carbonyl (C=O) groups is 2. The molecule has 1 aliphatic rings. The van der Waals surface area contributed by atoms with Crippen LogP contribution in [0.4, 0.5) is 9.59 Å². The Morgan fingerprint density at radius 3 is 1.52 bits per heavy atom. The third-order valence-electron chi connectivity index (χ3n) is 7.58. The molecule has 1 atom stereocenters. The summed E-state index contributed by atoms with van der Waals surface area (Å²) in [7, 11) is 1.51. The lowest BCUT2D eigenvalue weighted by Crippen LogP contribution is -2.39. The number of methoxy groups -OCH3 is 1. The number of halogens is 1. The number of nitrogens with one attached hydrogen (secondary N) is 2. The molecule has 0 bridgehead atoms. The molecule has 1 rings (SSSR count). The monoisotopic (exact) mass is 591 g/mol. The second-order valence-corrected chi connectivity index (χ2v) is 11.1. The van der Waals surface area contributed by atoms with Crippen LogP contribution in [0.3, 0.4) is 0 Å². The molecule has 1 aliphatic heterocycles. The SMILES string of the molecule is CCCCCCCCCCCCCCCCCCNC(=O)OCC(COC(=O)NCCN1CCCCC1)OC.Cl. The predicted molar refractivity (Wildman–Crippen MR) is 167 cm³/mol. The van der Waals surface area contributed by atoms with Crippen LogP contribution in [0.2, 0.25) is 0 Å². The van der Waals surface area contributed by atoms with Crippen LogP contribution in [0.25, 0.3) is 0 Å². The van der Waals surface area contributed by atoms with E-state index in [1.807, 2.05) is 0 Å². The van der Waals surface area contributed by atoms with E-state index in [0.29, 0.717) is 13.1 Å². The van der Waals surface area contributed by atoms with E-state index in [1.165, 1.54) is 116 Å². The lowest BCUT2D eigenvalue weighted by atomic mass is 10.0. The van der Waals surface area contributed by atoms with Crippen molar-refractivity contribution in [3.8, 4) is 0 Å². The number of rotatable bonds is 25.